The summed E-state index contributed by atoms with van der Waals surface area (Å²) >= 11 is 5.75. The lowest BCUT2D eigenvalue weighted by molar-refractivity contribution is 0.847. The lowest BCUT2D eigenvalue weighted by Gasteiger charge is -2.09. The maximum absolute atomic E-state index is 5.75. The van der Waals surface area contributed by atoms with Gasteiger partial charge in [0.1, 0.15) is 5.82 Å². The molecule has 5 heteroatoms. The van der Waals surface area contributed by atoms with Crippen molar-refractivity contribution < 1.29 is 0 Å². The molecule has 19 heavy (non-hydrogen) atoms. The predicted octanol–water partition coefficient (Wildman–Crippen LogP) is 3.43. The Hall–Kier alpha value is -1.94. The fraction of sp³-hybridized carbons (Fsp3) is 0.214. The summed E-state index contributed by atoms with van der Waals surface area (Å²) in [6.07, 6.45) is 4.77. The first kappa shape index (κ1) is 12.1. The first-order valence-corrected chi connectivity index (χ1v) is 6.54. The highest BCUT2D eigenvalue weighted by atomic mass is 35.5. The molecule has 1 aliphatic rings. The topological polar surface area (TPSA) is 50.2 Å². The van der Waals surface area contributed by atoms with Crippen LogP contribution in [0.2, 0.25) is 5.28 Å². The van der Waals surface area contributed by atoms with E-state index in [-0.39, 0.29) is 5.28 Å². The molecule has 1 aliphatic heterocycles. The van der Waals surface area contributed by atoms with Crippen LogP contribution in [0.5, 0.6) is 0 Å². The molecule has 2 aromatic rings. The second-order valence-corrected chi connectivity index (χ2v) is 4.75. The average Bonchev–Trinajstić information content (AvgIpc) is 2.94. The zero-order chi connectivity index (χ0) is 13.1. The molecule has 2 heterocycles. The average molecular weight is 273 g/mol. The van der Waals surface area contributed by atoms with Gasteiger partial charge in [0.05, 0.1) is 0 Å². The number of halogens is 1. The first-order valence-electron chi connectivity index (χ1n) is 6.17. The van der Waals surface area contributed by atoms with Gasteiger partial charge in [-0.05, 0) is 41.8 Å². The molecule has 1 aromatic carbocycles. The van der Waals surface area contributed by atoms with Gasteiger partial charge in [0, 0.05) is 30.6 Å². The highest BCUT2D eigenvalue weighted by Gasteiger charge is 2.12. The lowest BCUT2D eigenvalue weighted by Crippen LogP contribution is -1.98. The van der Waals surface area contributed by atoms with Gasteiger partial charge in [-0.15, -0.1) is 0 Å². The molecule has 1 N–H and O–H groups in total. The maximum Gasteiger partial charge on any atom is 0.224 e. The van der Waals surface area contributed by atoms with Crippen LogP contribution in [0, 0.1) is 0 Å². The fourth-order valence-electron chi connectivity index (χ4n) is 2.11. The molecule has 0 bridgehead atoms. The Kier molecular flexibility index (Phi) is 3.42. The lowest BCUT2D eigenvalue weighted by atomic mass is 9.99. The highest BCUT2D eigenvalue weighted by Crippen LogP contribution is 2.24. The monoisotopic (exact) mass is 272 g/mol. The predicted molar refractivity (Wildman–Crippen MR) is 77.5 cm³/mol. The zero-order valence-corrected chi connectivity index (χ0v) is 11.0. The smallest absolute Gasteiger partial charge is 0.224 e. The van der Waals surface area contributed by atoms with Crippen LogP contribution in [0.3, 0.4) is 0 Å². The van der Waals surface area contributed by atoms with Crippen molar-refractivity contribution in [1.29, 1.82) is 0 Å². The molecule has 0 fully saturated rings. The summed E-state index contributed by atoms with van der Waals surface area (Å²) in [5, 5.41) is 3.43. The molecule has 0 aliphatic carbocycles. The molecule has 0 radical (unpaired) electrons. The summed E-state index contributed by atoms with van der Waals surface area (Å²) in [7, 11) is 0. The molecule has 0 saturated heterocycles. The SMILES string of the molecule is Clc1nccc(Nc2ccc(C3C=NCC3)cc2)n1. The first-order chi connectivity index (χ1) is 9.31. The molecular formula is C14H13ClN4. The third-order valence-corrected chi connectivity index (χ3v) is 3.27. The van der Waals surface area contributed by atoms with Crippen molar-refractivity contribution in [2.45, 2.75) is 12.3 Å². The minimum absolute atomic E-state index is 0.240. The number of aromatic nitrogens is 2. The second-order valence-electron chi connectivity index (χ2n) is 4.41. The molecule has 0 spiro atoms. The molecule has 3 rings (SSSR count). The molecule has 1 unspecified atom stereocenters. The summed E-state index contributed by atoms with van der Waals surface area (Å²) in [6.45, 7) is 0.935. The zero-order valence-electron chi connectivity index (χ0n) is 10.3. The van der Waals surface area contributed by atoms with E-state index in [1.165, 1.54) is 5.56 Å². The van der Waals surface area contributed by atoms with E-state index in [1.807, 2.05) is 18.3 Å². The van der Waals surface area contributed by atoms with E-state index in [4.69, 9.17) is 11.6 Å². The van der Waals surface area contributed by atoms with Crippen LogP contribution in [0.4, 0.5) is 11.5 Å². The number of nitrogens with zero attached hydrogens (tertiary/aromatic N) is 3. The Balaban J connectivity index is 1.74. The van der Waals surface area contributed by atoms with E-state index >= 15 is 0 Å². The van der Waals surface area contributed by atoms with Crippen LogP contribution >= 0.6 is 11.6 Å². The number of nitrogens with one attached hydrogen (secondary N) is 1. The van der Waals surface area contributed by atoms with Gasteiger partial charge in [-0.1, -0.05) is 12.1 Å². The number of anilines is 2. The van der Waals surface area contributed by atoms with Gasteiger partial charge in [0.25, 0.3) is 0 Å². The van der Waals surface area contributed by atoms with Gasteiger partial charge in [-0.25, -0.2) is 9.97 Å². The van der Waals surface area contributed by atoms with Gasteiger partial charge < -0.3 is 5.32 Å². The van der Waals surface area contributed by atoms with Gasteiger partial charge in [0.15, 0.2) is 0 Å². The van der Waals surface area contributed by atoms with E-state index in [2.05, 4.69) is 32.4 Å². The van der Waals surface area contributed by atoms with Crippen LogP contribution < -0.4 is 5.32 Å². The minimum Gasteiger partial charge on any atom is -0.340 e. The van der Waals surface area contributed by atoms with E-state index < -0.39 is 0 Å². The van der Waals surface area contributed by atoms with E-state index in [0.717, 1.165) is 18.7 Å². The molecule has 4 nitrogen and oxygen atoms in total. The normalized spacial score (nSPS) is 17.6. The summed E-state index contributed by atoms with van der Waals surface area (Å²) < 4.78 is 0. The molecule has 0 amide bonds. The Bertz CT molecular complexity index is 595. The van der Waals surface area contributed by atoms with Crippen molar-refractivity contribution >= 4 is 29.3 Å². The van der Waals surface area contributed by atoms with Crippen LogP contribution in [0.1, 0.15) is 17.9 Å². The van der Waals surface area contributed by atoms with Crippen molar-refractivity contribution in [2.24, 2.45) is 4.99 Å². The fourth-order valence-corrected chi connectivity index (χ4v) is 2.26. The third-order valence-electron chi connectivity index (χ3n) is 3.09. The van der Waals surface area contributed by atoms with E-state index in [9.17, 15) is 0 Å². The Morgan fingerprint density at radius 3 is 2.68 bits per heavy atom. The Morgan fingerprint density at radius 1 is 1.16 bits per heavy atom. The van der Waals surface area contributed by atoms with Crippen molar-refractivity contribution in [3.63, 3.8) is 0 Å². The van der Waals surface area contributed by atoms with Crippen molar-refractivity contribution in [1.82, 2.24) is 9.97 Å². The Labute approximate surface area is 116 Å². The summed E-state index contributed by atoms with van der Waals surface area (Å²) in [5.74, 6) is 1.15. The molecule has 1 aromatic heterocycles. The number of hydrogen-bond acceptors (Lipinski definition) is 4. The van der Waals surface area contributed by atoms with Crippen molar-refractivity contribution in [3.05, 3.63) is 47.4 Å². The summed E-state index contributed by atoms with van der Waals surface area (Å²) in [4.78, 5) is 12.2. The van der Waals surface area contributed by atoms with Gasteiger partial charge in [0.2, 0.25) is 5.28 Å². The number of hydrogen-bond donors (Lipinski definition) is 1. The van der Waals surface area contributed by atoms with Crippen LogP contribution in [-0.2, 0) is 0 Å². The highest BCUT2D eigenvalue weighted by molar-refractivity contribution is 6.28. The van der Waals surface area contributed by atoms with Gasteiger partial charge >= 0.3 is 0 Å². The van der Waals surface area contributed by atoms with Crippen LogP contribution in [0.25, 0.3) is 0 Å². The summed E-state index contributed by atoms with van der Waals surface area (Å²) in [5.41, 5.74) is 2.28. The van der Waals surface area contributed by atoms with Gasteiger partial charge in [-0.2, -0.15) is 0 Å². The minimum atomic E-state index is 0.240. The maximum atomic E-state index is 5.75. The second kappa shape index (κ2) is 5.36. The number of aliphatic imine (C=N–C) groups is 1. The van der Waals surface area contributed by atoms with Crippen molar-refractivity contribution in [3.8, 4) is 0 Å². The van der Waals surface area contributed by atoms with Crippen molar-refractivity contribution in [2.75, 3.05) is 11.9 Å². The van der Waals surface area contributed by atoms with E-state index in [0.29, 0.717) is 11.7 Å². The molecule has 1 atom stereocenters. The molecule has 0 saturated carbocycles. The van der Waals surface area contributed by atoms with E-state index in [1.54, 1.807) is 12.3 Å². The van der Waals surface area contributed by atoms with Crippen LogP contribution in [0.15, 0.2) is 41.5 Å². The largest absolute Gasteiger partial charge is 0.340 e. The summed E-state index contributed by atoms with van der Waals surface area (Å²) in [6, 6.07) is 10.1. The third kappa shape index (κ3) is 2.90. The molecule has 96 valence electrons. The van der Waals surface area contributed by atoms with Gasteiger partial charge in [-0.3, -0.25) is 4.99 Å². The number of rotatable bonds is 3. The van der Waals surface area contributed by atoms with Crippen LogP contribution in [-0.4, -0.2) is 22.7 Å². The number of benzene rings is 1. The standard InChI is InChI=1S/C14H13ClN4/c15-14-17-8-6-13(19-14)18-12-3-1-10(2-4-12)11-5-7-16-9-11/h1-4,6,8-9,11H,5,7H2,(H,17,18,19). The molecular weight excluding hydrogens is 260 g/mol. The Morgan fingerprint density at radius 2 is 2.00 bits per heavy atom. The quantitative estimate of drug-likeness (QED) is 0.871.